The van der Waals surface area contributed by atoms with Gasteiger partial charge in [-0.2, -0.15) is 13.2 Å². The topological polar surface area (TPSA) is 66.4 Å². The lowest BCUT2D eigenvalue weighted by molar-refractivity contribution is -0.137. The van der Waals surface area contributed by atoms with Crippen molar-refractivity contribution in [2.24, 2.45) is 4.99 Å². The number of hydrogen-bond acceptors (Lipinski definition) is 3. The Morgan fingerprint density at radius 2 is 1.33 bits per heavy atom. The molecule has 244 valence electrons. The molecule has 0 aliphatic heterocycles. The van der Waals surface area contributed by atoms with E-state index < -0.39 is 29.0 Å². The number of pyridine rings is 1. The fourth-order valence-corrected chi connectivity index (χ4v) is 6.32. The summed E-state index contributed by atoms with van der Waals surface area (Å²) < 4.78 is 57.3. The molecular formula is C39H34F4N4O. The molecule has 0 radical (unpaired) electrons. The van der Waals surface area contributed by atoms with Crippen molar-refractivity contribution in [1.29, 1.82) is 0 Å². The SMILES string of the molecule is O=C(NCC(c1ccccc1)(c1cc(F)cc(C(F)(F)F)c1)c1ccc(N=C(c2ccccc2)c2ccccc2)cn1)NC1CCCC1. The first-order valence-corrected chi connectivity index (χ1v) is 15.9. The third kappa shape index (κ3) is 7.30. The number of rotatable bonds is 9. The zero-order valence-corrected chi connectivity index (χ0v) is 26.1. The first-order valence-electron chi connectivity index (χ1n) is 15.9. The van der Waals surface area contributed by atoms with Crippen molar-refractivity contribution in [1.82, 2.24) is 15.6 Å². The maximum Gasteiger partial charge on any atom is 0.416 e. The summed E-state index contributed by atoms with van der Waals surface area (Å²) >= 11 is 0. The highest BCUT2D eigenvalue weighted by atomic mass is 19.4. The molecule has 2 amide bonds. The third-order valence-electron chi connectivity index (χ3n) is 8.71. The molecule has 0 bridgehead atoms. The molecule has 1 aliphatic rings. The van der Waals surface area contributed by atoms with Gasteiger partial charge in [0.1, 0.15) is 5.82 Å². The number of carbonyl (C=O) groups is 1. The number of alkyl halides is 3. The number of aromatic nitrogens is 1. The molecule has 1 aromatic heterocycles. The summed E-state index contributed by atoms with van der Waals surface area (Å²) in [5, 5.41) is 5.86. The van der Waals surface area contributed by atoms with Crippen LogP contribution >= 0.6 is 0 Å². The molecule has 1 fully saturated rings. The number of benzene rings is 4. The predicted molar refractivity (Wildman–Crippen MR) is 179 cm³/mol. The lowest BCUT2D eigenvalue weighted by Gasteiger charge is -2.35. The molecule has 1 aliphatic carbocycles. The van der Waals surface area contributed by atoms with E-state index in [1.807, 2.05) is 60.7 Å². The van der Waals surface area contributed by atoms with Crippen molar-refractivity contribution in [2.45, 2.75) is 43.3 Å². The normalized spacial score (nSPS) is 14.6. The number of hydrogen-bond donors (Lipinski definition) is 2. The summed E-state index contributed by atoms with van der Waals surface area (Å²) in [6.07, 6.45) is 0.474. The van der Waals surface area contributed by atoms with Gasteiger partial charge in [0, 0.05) is 23.7 Å². The molecule has 9 heteroatoms. The molecule has 4 aromatic carbocycles. The van der Waals surface area contributed by atoms with E-state index in [2.05, 4.69) is 10.6 Å². The second-order valence-electron chi connectivity index (χ2n) is 11.9. The van der Waals surface area contributed by atoms with Crippen LogP contribution in [0.25, 0.3) is 0 Å². The number of nitrogens with zero attached hydrogens (tertiary/aromatic N) is 2. The number of amides is 2. The van der Waals surface area contributed by atoms with E-state index in [0.29, 0.717) is 28.7 Å². The van der Waals surface area contributed by atoms with Crippen LogP contribution in [0.3, 0.4) is 0 Å². The highest BCUT2D eigenvalue weighted by Gasteiger charge is 2.41. The highest BCUT2D eigenvalue weighted by molar-refractivity contribution is 6.13. The quantitative estimate of drug-likeness (QED) is 0.124. The Hall–Kier alpha value is -5.31. The van der Waals surface area contributed by atoms with Crippen LogP contribution in [-0.2, 0) is 11.6 Å². The summed E-state index contributed by atoms with van der Waals surface area (Å²) in [5.41, 5.74) is 1.21. The molecule has 48 heavy (non-hydrogen) atoms. The van der Waals surface area contributed by atoms with Crippen LogP contribution in [0.15, 0.2) is 133 Å². The second-order valence-corrected chi connectivity index (χ2v) is 11.9. The molecule has 6 rings (SSSR count). The monoisotopic (exact) mass is 650 g/mol. The van der Waals surface area contributed by atoms with Gasteiger partial charge in [-0.15, -0.1) is 0 Å². The fraction of sp³-hybridized carbons (Fsp3) is 0.205. The number of nitrogens with one attached hydrogen (secondary N) is 2. The van der Waals surface area contributed by atoms with Crippen LogP contribution in [0.2, 0.25) is 0 Å². The number of urea groups is 1. The minimum absolute atomic E-state index is 0.000188. The van der Waals surface area contributed by atoms with Crippen LogP contribution in [0.1, 0.15) is 59.2 Å². The van der Waals surface area contributed by atoms with Gasteiger partial charge in [0.15, 0.2) is 0 Å². The molecular weight excluding hydrogens is 616 g/mol. The molecule has 0 saturated heterocycles. The number of aliphatic imine (C=N–C) groups is 1. The van der Waals surface area contributed by atoms with Crippen molar-refractivity contribution in [2.75, 3.05) is 6.54 Å². The Morgan fingerprint density at radius 1 is 0.750 bits per heavy atom. The van der Waals surface area contributed by atoms with Crippen LogP contribution in [0.4, 0.5) is 28.0 Å². The minimum atomic E-state index is -4.80. The summed E-state index contributed by atoms with van der Waals surface area (Å²) in [4.78, 5) is 22.9. The van der Waals surface area contributed by atoms with Gasteiger partial charge in [-0.25, -0.2) is 14.2 Å². The van der Waals surface area contributed by atoms with Crippen molar-refractivity contribution in [3.05, 3.63) is 167 Å². The highest BCUT2D eigenvalue weighted by Crippen LogP contribution is 2.41. The molecule has 1 heterocycles. The van der Waals surface area contributed by atoms with Gasteiger partial charge in [-0.1, -0.05) is 104 Å². The summed E-state index contributed by atoms with van der Waals surface area (Å²) in [7, 11) is 0. The Balaban J connectivity index is 1.48. The van der Waals surface area contributed by atoms with Gasteiger partial charge in [0.05, 0.1) is 34.3 Å². The van der Waals surface area contributed by atoms with Crippen molar-refractivity contribution >= 4 is 17.4 Å². The van der Waals surface area contributed by atoms with Gasteiger partial charge < -0.3 is 10.6 Å². The first kappa shape index (κ1) is 32.6. The summed E-state index contributed by atoms with van der Waals surface area (Å²) in [6, 6.07) is 33.6. The molecule has 2 N–H and O–H groups in total. The van der Waals surface area contributed by atoms with E-state index in [0.717, 1.165) is 48.9 Å². The van der Waals surface area contributed by atoms with Crippen LogP contribution in [0.5, 0.6) is 0 Å². The van der Waals surface area contributed by atoms with Crippen molar-refractivity contribution in [3.8, 4) is 0 Å². The zero-order chi connectivity index (χ0) is 33.6. The number of halogens is 4. The minimum Gasteiger partial charge on any atom is -0.337 e. The van der Waals surface area contributed by atoms with Gasteiger partial charge in [0.2, 0.25) is 0 Å². The van der Waals surface area contributed by atoms with E-state index in [1.165, 1.54) is 0 Å². The Bertz CT molecular complexity index is 1820. The van der Waals surface area contributed by atoms with Crippen LogP contribution in [-0.4, -0.2) is 29.3 Å². The lowest BCUT2D eigenvalue weighted by Crippen LogP contribution is -2.48. The molecule has 5 nitrogen and oxygen atoms in total. The van der Waals surface area contributed by atoms with Gasteiger partial charge >= 0.3 is 12.2 Å². The maximum atomic E-state index is 15.1. The van der Waals surface area contributed by atoms with E-state index in [4.69, 9.17) is 9.98 Å². The second kappa shape index (κ2) is 14.2. The molecule has 0 spiro atoms. The average molecular weight is 651 g/mol. The molecule has 1 saturated carbocycles. The molecule has 1 atom stereocenters. The summed E-state index contributed by atoms with van der Waals surface area (Å²) in [6.45, 7) is -0.189. The average Bonchev–Trinajstić information content (AvgIpc) is 3.62. The Kier molecular flexibility index (Phi) is 9.66. The molecule has 1 unspecified atom stereocenters. The maximum absolute atomic E-state index is 15.1. The van der Waals surface area contributed by atoms with Gasteiger partial charge in [0.25, 0.3) is 0 Å². The third-order valence-corrected chi connectivity index (χ3v) is 8.71. The van der Waals surface area contributed by atoms with E-state index in [9.17, 15) is 18.0 Å². The number of carbonyl (C=O) groups excluding carboxylic acids is 1. The van der Waals surface area contributed by atoms with E-state index in [-0.39, 0.29) is 18.2 Å². The standard InChI is InChI=1S/C39H34F4N4O/c40-32-23-30(22-31(24-32)39(41,42)43)38(29-16-8-3-9-17-29,26-45-37(48)47-33-18-10-11-19-33)35-21-20-34(25-44-35)46-36(27-12-4-1-5-13-27)28-14-6-2-7-15-28/h1-9,12-17,20-25,33H,10-11,18-19,26H2,(H2,45,47,48). The van der Waals surface area contributed by atoms with E-state index in [1.54, 1.807) is 48.7 Å². The zero-order valence-electron chi connectivity index (χ0n) is 26.1. The fourth-order valence-electron chi connectivity index (χ4n) is 6.32. The van der Waals surface area contributed by atoms with Crippen LogP contribution in [0, 0.1) is 5.82 Å². The Labute approximate surface area is 276 Å². The van der Waals surface area contributed by atoms with E-state index >= 15 is 4.39 Å². The predicted octanol–water partition coefficient (Wildman–Crippen LogP) is 8.98. The summed E-state index contributed by atoms with van der Waals surface area (Å²) in [5.74, 6) is -1.05. The lowest BCUT2D eigenvalue weighted by atomic mass is 9.71. The van der Waals surface area contributed by atoms with Gasteiger partial charge in [-0.3, -0.25) is 4.98 Å². The first-order chi connectivity index (χ1) is 23.2. The molecule has 5 aromatic rings. The van der Waals surface area contributed by atoms with Crippen molar-refractivity contribution < 1.29 is 22.4 Å². The Morgan fingerprint density at radius 3 is 1.90 bits per heavy atom. The smallest absolute Gasteiger partial charge is 0.337 e. The van der Waals surface area contributed by atoms with Gasteiger partial charge in [-0.05, 0) is 54.3 Å². The largest absolute Gasteiger partial charge is 0.416 e. The van der Waals surface area contributed by atoms with Crippen molar-refractivity contribution in [3.63, 3.8) is 0 Å². The van der Waals surface area contributed by atoms with Crippen LogP contribution < -0.4 is 10.6 Å².